The molecule has 0 unspecified atom stereocenters. The van der Waals surface area contributed by atoms with Gasteiger partial charge in [0.15, 0.2) is 0 Å². The van der Waals surface area contributed by atoms with Gasteiger partial charge in [0.05, 0.1) is 0 Å². The van der Waals surface area contributed by atoms with Gasteiger partial charge in [-0.2, -0.15) is 0 Å². The number of nitrogens with zero attached hydrogens (tertiary/aromatic N) is 1. The first-order chi connectivity index (χ1) is 15.9. The number of amides is 4. The molecular weight excluding hydrogens is 430 g/mol. The van der Waals surface area contributed by atoms with E-state index in [9.17, 15) is 23.2 Å². The molecule has 0 atom stereocenters. The van der Waals surface area contributed by atoms with E-state index in [1.54, 1.807) is 43.3 Å². The minimum atomic E-state index is -0.905. The summed E-state index contributed by atoms with van der Waals surface area (Å²) >= 11 is 0. The van der Waals surface area contributed by atoms with Gasteiger partial charge in [0, 0.05) is 23.5 Å². The molecule has 0 fully saturated rings. The van der Waals surface area contributed by atoms with Crippen LogP contribution in [0.4, 0.5) is 30.6 Å². The normalized spacial score (nSPS) is 10.3. The highest BCUT2D eigenvalue weighted by Crippen LogP contribution is 2.18. The Balaban J connectivity index is 1.59. The molecule has 3 aromatic rings. The fraction of sp³-hybridized carbons (Fsp3) is 0.125. The molecule has 0 radical (unpaired) electrons. The molecule has 0 aliphatic heterocycles. The first kappa shape index (κ1) is 23.4. The lowest BCUT2D eigenvalue weighted by Gasteiger charge is -2.21. The maximum absolute atomic E-state index is 13.7. The van der Waals surface area contributed by atoms with Crippen molar-refractivity contribution in [1.82, 2.24) is 4.90 Å². The number of rotatable bonds is 7. The van der Waals surface area contributed by atoms with Crippen molar-refractivity contribution in [2.24, 2.45) is 0 Å². The highest BCUT2D eigenvalue weighted by molar-refractivity contribution is 6.01. The first-order valence-corrected chi connectivity index (χ1v) is 10.1. The van der Waals surface area contributed by atoms with E-state index in [1.807, 2.05) is 6.07 Å². The highest BCUT2D eigenvalue weighted by Gasteiger charge is 2.19. The lowest BCUT2D eigenvalue weighted by molar-refractivity contribution is -0.116. The number of para-hydroxylation sites is 2. The highest BCUT2D eigenvalue weighted by atomic mass is 19.1. The molecule has 0 bridgehead atoms. The van der Waals surface area contributed by atoms with Crippen LogP contribution in [0.5, 0.6) is 0 Å². The van der Waals surface area contributed by atoms with Gasteiger partial charge in [-0.3, -0.25) is 9.59 Å². The molecule has 0 aromatic heterocycles. The van der Waals surface area contributed by atoms with Crippen molar-refractivity contribution in [2.75, 3.05) is 29.0 Å². The minimum Gasteiger partial charge on any atom is -0.330 e. The van der Waals surface area contributed by atoms with Gasteiger partial charge in [-0.1, -0.05) is 24.3 Å². The van der Waals surface area contributed by atoms with E-state index in [0.717, 1.165) is 12.1 Å². The summed E-state index contributed by atoms with van der Waals surface area (Å²) in [5.74, 6) is -2.98. The summed E-state index contributed by atoms with van der Waals surface area (Å²) in [6, 6.07) is 17.9. The number of benzene rings is 3. The van der Waals surface area contributed by atoms with E-state index in [-0.39, 0.29) is 18.7 Å². The van der Waals surface area contributed by atoms with E-state index < -0.39 is 35.2 Å². The lowest BCUT2D eigenvalue weighted by Crippen LogP contribution is -2.38. The zero-order valence-corrected chi connectivity index (χ0v) is 17.8. The average molecular weight is 452 g/mol. The van der Waals surface area contributed by atoms with E-state index in [0.29, 0.717) is 11.4 Å². The van der Waals surface area contributed by atoms with Gasteiger partial charge in [-0.05, 0) is 55.5 Å². The molecule has 9 heteroatoms. The van der Waals surface area contributed by atoms with Gasteiger partial charge in [0.1, 0.15) is 23.9 Å². The smallest absolute Gasteiger partial charge is 0.323 e. The molecule has 0 aliphatic carbocycles. The number of halogens is 2. The van der Waals surface area contributed by atoms with Gasteiger partial charge in [-0.25, -0.2) is 13.6 Å². The van der Waals surface area contributed by atoms with Crippen molar-refractivity contribution in [2.45, 2.75) is 6.92 Å². The van der Waals surface area contributed by atoms with Gasteiger partial charge in [-0.15, -0.1) is 0 Å². The van der Waals surface area contributed by atoms with Gasteiger partial charge in [0.25, 0.3) is 5.91 Å². The van der Waals surface area contributed by atoms with Crippen LogP contribution in [0.1, 0.15) is 17.3 Å². The maximum atomic E-state index is 13.7. The van der Waals surface area contributed by atoms with E-state index >= 15 is 0 Å². The molecule has 4 amide bonds. The molecule has 170 valence electrons. The number of urea groups is 1. The predicted molar refractivity (Wildman–Crippen MR) is 122 cm³/mol. The zero-order valence-electron chi connectivity index (χ0n) is 17.8. The maximum Gasteiger partial charge on any atom is 0.323 e. The third-order valence-electron chi connectivity index (χ3n) is 4.65. The average Bonchev–Trinajstić information content (AvgIpc) is 2.80. The largest absolute Gasteiger partial charge is 0.330 e. The summed E-state index contributed by atoms with van der Waals surface area (Å²) in [5.41, 5.74) is 0.829. The monoisotopic (exact) mass is 452 g/mol. The minimum absolute atomic E-state index is 0.200. The van der Waals surface area contributed by atoms with Crippen LogP contribution < -0.4 is 16.0 Å². The molecule has 7 nitrogen and oxygen atoms in total. The van der Waals surface area contributed by atoms with E-state index in [1.165, 1.54) is 23.1 Å². The summed E-state index contributed by atoms with van der Waals surface area (Å²) in [6.07, 6.45) is 0. The van der Waals surface area contributed by atoms with Crippen LogP contribution in [-0.2, 0) is 4.79 Å². The number of nitrogens with one attached hydrogen (secondary N) is 3. The molecule has 3 rings (SSSR count). The van der Waals surface area contributed by atoms with Crippen molar-refractivity contribution in [1.29, 1.82) is 0 Å². The number of anilines is 3. The van der Waals surface area contributed by atoms with Crippen LogP contribution in [0.25, 0.3) is 0 Å². The van der Waals surface area contributed by atoms with Gasteiger partial charge >= 0.3 is 6.03 Å². The Morgan fingerprint density at radius 3 is 1.91 bits per heavy atom. The second-order valence-electron chi connectivity index (χ2n) is 6.99. The summed E-state index contributed by atoms with van der Waals surface area (Å²) in [5, 5.41) is 7.50. The summed E-state index contributed by atoms with van der Waals surface area (Å²) in [7, 11) is 0. The molecule has 33 heavy (non-hydrogen) atoms. The molecule has 0 aliphatic rings. The quantitative estimate of drug-likeness (QED) is 0.485. The Morgan fingerprint density at radius 2 is 1.33 bits per heavy atom. The number of carbonyl (C=O) groups excluding carboxylic acids is 3. The van der Waals surface area contributed by atoms with Crippen LogP contribution in [0, 0.1) is 11.6 Å². The summed E-state index contributed by atoms with van der Waals surface area (Å²) < 4.78 is 27.5. The third kappa shape index (κ3) is 6.36. The standard InChI is InChI=1S/C24H22F2N4O3/c1-2-30(15-21(31)29-22-19(25)9-6-10-20(22)26)23(32)16-11-13-18(14-12-16)28-24(33)27-17-7-4-3-5-8-17/h3-14H,2,15H2,1H3,(H,29,31)(H2,27,28,33). The number of likely N-dealkylation sites (N-methyl/N-ethyl adjacent to an activating group) is 1. The molecule has 0 heterocycles. The molecule has 3 N–H and O–H groups in total. The third-order valence-corrected chi connectivity index (χ3v) is 4.65. The van der Waals surface area contributed by atoms with E-state index in [4.69, 9.17) is 0 Å². The van der Waals surface area contributed by atoms with Crippen LogP contribution in [0.3, 0.4) is 0 Å². The fourth-order valence-electron chi connectivity index (χ4n) is 2.99. The Bertz CT molecular complexity index is 1120. The SMILES string of the molecule is CCN(CC(=O)Nc1c(F)cccc1F)C(=O)c1ccc(NC(=O)Nc2ccccc2)cc1. The van der Waals surface area contributed by atoms with Crippen molar-refractivity contribution >= 4 is 34.9 Å². The van der Waals surface area contributed by atoms with Crippen molar-refractivity contribution in [3.8, 4) is 0 Å². The van der Waals surface area contributed by atoms with Crippen molar-refractivity contribution < 1.29 is 23.2 Å². The first-order valence-electron chi connectivity index (χ1n) is 10.1. The second kappa shape index (κ2) is 10.9. The van der Waals surface area contributed by atoms with Crippen LogP contribution in [0.15, 0.2) is 72.8 Å². The lowest BCUT2D eigenvalue weighted by atomic mass is 10.1. The number of hydrogen-bond donors (Lipinski definition) is 3. The van der Waals surface area contributed by atoms with Crippen molar-refractivity contribution in [3.05, 3.63) is 90.0 Å². The van der Waals surface area contributed by atoms with E-state index in [2.05, 4.69) is 16.0 Å². The zero-order chi connectivity index (χ0) is 23.8. The molecule has 0 saturated carbocycles. The fourth-order valence-corrected chi connectivity index (χ4v) is 2.99. The van der Waals surface area contributed by atoms with Gasteiger partial charge in [0.2, 0.25) is 5.91 Å². The van der Waals surface area contributed by atoms with Crippen LogP contribution >= 0.6 is 0 Å². The Hall–Kier alpha value is -4.27. The Morgan fingerprint density at radius 1 is 0.758 bits per heavy atom. The molecular formula is C24H22F2N4O3. The van der Waals surface area contributed by atoms with Crippen molar-refractivity contribution in [3.63, 3.8) is 0 Å². The summed E-state index contributed by atoms with van der Waals surface area (Å²) in [4.78, 5) is 38.3. The number of carbonyl (C=O) groups is 3. The topological polar surface area (TPSA) is 90.5 Å². The van der Waals surface area contributed by atoms with Gasteiger partial charge < -0.3 is 20.9 Å². The Labute approximate surface area is 189 Å². The molecule has 3 aromatic carbocycles. The summed E-state index contributed by atoms with van der Waals surface area (Å²) in [6.45, 7) is 1.49. The predicted octanol–water partition coefficient (Wildman–Crippen LogP) is 4.71. The van der Waals surface area contributed by atoms with Crippen LogP contribution in [0.2, 0.25) is 0 Å². The second-order valence-corrected chi connectivity index (χ2v) is 6.99. The molecule has 0 saturated heterocycles. The Kier molecular flexibility index (Phi) is 7.69. The molecule has 0 spiro atoms. The van der Waals surface area contributed by atoms with Crippen LogP contribution in [-0.4, -0.2) is 35.8 Å². The number of hydrogen-bond acceptors (Lipinski definition) is 3.